The lowest BCUT2D eigenvalue weighted by molar-refractivity contribution is -0.129. The Hall–Kier alpha value is -6.38. The van der Waals surface area contributed by atoms with Gasteiger partial charge in [-0.15, -0.1) is 0 Å². The molecule has 0 bridgehead atoms. The number of imidazole rings is 2. The lowest BCUT2D eigenvalue weighted by Crippen LogP contribution is -2.61. The zero-order chi connectivity index (χ0) is 43.9. The molecule has 4 aromatic carbocycles. The van der Waals surface area contributed by atoms with E-state index < -0.39 is 77.3 Å². The Morgan fingerprint density at radius 3 is 1.33 bits per heavy atom. The van der Waals surface area contributed by atoms with Crippen molar-refractivity contribution < 1.29 is 29.4 Å². The van der Waals surface area contributed by atoms with E-state index in [4.69, 9.17) is 0 Å². The van der Waals surface area contributed by atoms with Gasteiger partial charge in [0.05, 0.1) is 40.8 Å². The average molecular weight is 829 g/mol. The number of carbonyl (C=O) groups excluding carboxylic acids is 4. The molecule has 0 aliphatic rings. The van der Waals surface area contributed by atoms with E-state index in [9.17, 15) is 29.4 Å². The van der Waals surface area contributed by atoms with Gasteiger partial charge in [-0.3, -0.25) is 19.2 Å². The number of aliphatic hydroxyl groups excluding tert-OH is 2. The number of aromatic amines is 2. The molecule has 2 aromatic heterocycles. The van der Waals surface area contributed by atoms with Crippen LogP contribution in [-0.4, -0.2) is 90.7 Å². The second-order valence-corrected chi connectivity index (χ2v) is 17.7. The predicted molar refractivity (Wildman–Crippen MR) is 234 cm³/mol. The minimum absolute atomic E-state index is 0.0475. The first-order valence-corrected chi connectivity index (χ1v) is 20.5. The molecule has 6 atom stereocenters. The highest BCUT2D eigenvalue weighted by Gasteiger charge is 2.41. The molecule has 61 heavy (non-hydrogen) atoms. The molecular formula is C47H56N8O6. The van der Waals surface area contributed by atoms with Crippen molar-refractivity contribution in [3.8, 4) is 0 Å². The first-order valence-electron chi connectivity index (χ1n) is 20.5. The molecular weight excluding hydrogens is 773 g/mol. The number of nitrogens with one attached hydrogen (secondary N) is 6. The molecule has 8 N–H and O–H groups in total. The van der Waals surface area contributed by atoms with Crippen LogP contribution in [0.5, 0.6) is 0 Å². The predicted octanol–water partition coefficient (Wildman–Crippen LogP) is 4.85. The zero-order valence-electron chi connectivity index (χ0n) is 35.4. The van der Waals surface area contributed by atoms with Gasteiger partial charge in [-0.1, -0.05) is 126 Å². The summed E-state index contributed by atoms with van der Waals surface area (Å²) in [6, 6.07) is 29.0. The fourth-order valence-corrected chi connectivity index (χ4v) is 7.48. The number of hydrogen-bond donors (Lipinski definition) is 8. The summed E-state index contributed by atoms with van der Waals surface area (Å²) in [5.74, 6) is -3.17. The van der Waals surface area contributed by atoms with Gasteiger partial charge >= 0.3 is 0 Å². The Bertz CT molecular complexity index is 2370. The van der Waals surface area contributed by atoms with Crippen LogP contribution in [0.3, 0.4) is 0 Å². The van der Waals surface area contributed by atoms with Crippen LogP contribution in [0.2, 0.25) is 0 Å². The quantitative estimate of drug-likeness (QED) is 0.0674. The Labute approximate surface area is 355 Å². The summed E-state index contributed by atoms with van der Waals surface area (Å²) >= 11 is 0. The largest absolute Gasteiger partial charge is 0.396 e. The standard InChI is InChI=1S/C47H56N8O6/c1-46(2,3)38(54-44(60)40-48-31-21-13-14-22-32(31)49-40)42(58)52-35(25-28-17-9-7-10-18-28)30(27-56)37(57)36(26-29-19-11-8-12-20-29)53-43(59)39(47(4,5)6)55-45(61)41-50-33-23-15-16-24-34(33)51-41/h7-24,30,35-39,56-57H,25-27H2,1-6H3,(H,48,49)(H,50,51)(H,52,58)(H,53,59)(H,54,60)(H,55,61)/t30-,35-,36-,37+,38+,39+/m0/s1. The van der Waals surface area contributed by atoms with Crippen LogP contribution < -0.4 is 21.3 Å². The van der Waals surface area contributed by atoms with Gasteiger partial charge in [-0.2, -0.15) is 0 Å². The normalized spacial score (nSPS) is 15.0. The van der Waals surface area contributed by atoms with E-state index >= 15 is 0 Å². The van der Waals surface area contributed by atoms with Crippen molar-refractivity contribution in [3.63, 3.8) is 0 Å². The van der Waals surface area contributed by atoms with Crippen molar-refractivity contribution in [3.05, 3.63) is 132 Å². The summed E-state index contributed by atoms with van der Waals surface area (Å²) in [5.41, 5.74) is 2.60. The molecule has 0 fully saturated rings. The first kappa shape index (κ1) is 44.2. The number of fused-ring (bicyclic) bond motifs is 2. The van der Waals surface area contributed by atoms with Gasteiger partial charge in [-0.25, -0.2) is 9.97 Å². The lowest BCUT2D eigenvalue weighted by atomic mass is 9.82. The third kappa shape index (κ3) is 11.1. The van der Waals surface area contributed by atoms with Crippen molar-refractivity contribution in [2.45, 2.75) is 84.7 Å². The summed E-state index contributed by atoms with van der Waals surface area (Å²) in [5, 5.41) is 35.4. The van der Waals surface area contributed by atoms with Crippen LogP contribution in [0.15, 0.2) is 109 Å². The van der Waals surface area contributed by atoms with E-state index in [1.165, 1.54) is 0 Å². The molecule has 14 heteroatoms. The maximum atomic E-state index is 14.5. The molecule has 6 rings (SSSR count). The maximum Gasteiger partial charge on any atom is 0.287 e. The minimum atomic E-state index is -1.42. The maximum absolute atomic E-state index is 14.5. The lowest BCUT2D eigenvalue weighted by Gasteiger charge is -2.38. The minimum Gasteiger partial charge on any atom is -0.396 e. The number of H-pyrrole nitrogens is 2. The van der Waals surface area contributed by atoms with Crippen molar-refractivity contribution in [1.82, 2.24) is 41.2 Å². The molecule has 0 aliphatic heterocycles. The van der Waals surface area contributed by atoms with E-state index in [0.29, 0.717) is 22.1 Å². The number of hydrogen-bond acceptors (Lipinski definition) is 8. The Morgan fingerprint density at radius 2 is 0.934 bits per heavy atom. The van der Waals surface area contributed by atoms with Gasteiger partial charge in [0.1, 0.15) is 12.1 Å². The van der Waals surface area contributed by atoms with Crippen LogP contribution >= 0.6 is 0 Å². The van der Waals surface area contributed by atoms with Gasteiger partial charge in [0.25, 0.3) is 11.8 Å². The van der Waals surface area contributed by atoms with Gasteiger partial charge in [-0.05, 0) is 59.1 Å². The van der Waals surface area contributed by atoms with Crippen LogP contribution in [0.25, 0.3) is 22.1 Å². The Morgan fingerprint density at radius 1 is 0.557 bits per heavy atom. The number of benzene rings is 4. The first-order chi connectivity index (χ1) is 29.0. The molecule has 0 saturated carbocycles. The summed E-state index contributed by atoms with van der Waals surface area (Å²) in [6.45, 7) is 10.4. The smallest absolute Gasteiger partial charge is 0.287 e. The Balaban J connectivity index is 1.28. The van der Waals surface area contributed by atoms with Crippen LogP contribution in [0.1, 0.15) is 73.9 Å². The molecule has 4 amide bonds. The number of nitrogens with zero attached hydrogens (tertiary/aromatic N) is 2. The van der Waals surface area contributed by atoms with E-state index in [-0.39, 0.29) is 24.5 Å². The SMILES string of the molecule is CC(C)(C)[C@H](NC(=O)c1nc2ccccc2[nH]1)C(=O)N[C@@H](Cc1ccccc1)[C@H](O)[C@@H](CO)[C@H](Cc1ccccc1)NC(=O)[C@@H](NC(=O)c1nc2ccccc2[nH]1)C(C)(C)C. The summed E-state index contributed by atoms with van der Waals surface area (Å²) in [7, 11) is 0. The van der Waals surface area contributed by atoms with Crippen LogP contribution in [0.4, 0.5) is 0 Å². The summed E-state index contributed by atoms with van der Waals surface area (Å²) < 4.78 is 0. The van der Waals surface area contributed by atoms with Crippen molar-refractivity contribution in [2.24, 2.45) is 16.7 Å². The monoisotopic (exact) mass is 828 g/mol. The fourth-order valence-electron chi connectivity index (χ4n) is 7.48. The van der Waals surface area contributed by atoms with Crippen LogP contribution in [0, 0.1) is 16.7 Å². The molecule has 6 aromatic rings. The summed E-state index contributed by atoms with van der Waals surface area (Å²) in [4.78, 5) is 70.9. The molecule has 320 valence electrons. The average Bonchev–Trinajstić information content (AvgIpc) is 3.87. The molecule has 0 saturated heterocycles. The number of carbonyl (C=O) groups is 4. The Kier molecular flexibility index (Phi) is 13.7. The van der Waals surface area contributed by atoms with Crippen molar-refractivity contribution >= 4 is 45.7 Å². The highest BCUT2D eigenvalue weighted by Crippen LogP contribution is 2.26. The van der Waals surface area contributed by atoms with Gasteiger partial charge < -0.3 is 41.4 Å². The van der Waals surface area contributed by atoms with E-state index in [0.717, 1.165) is 11.1 Å². The molecule has 0 radical (unpaired) electrons. The number of rotatable bonds is 16. The highest BCUT2D eigenvalue weighted by molar-refractivity contribution is 5.98. The molecule has 2 heterocycles. The number of para-hydroxylation sites is 4. The highest BCUT2D eigenvalue weighted by atomic mass is 16.3. The second kappa shape index (κ2) is 18.9. The molecule has 0 spiro atoms. The number of amides is 4. The van der Waals surface area contributed by atoms with Gasteiger partial charge in [0, 0.05) is 12.0 Å². The van der Waals surface area contributed by atoms with Gasteiger partial charge in [0.15, 0.2) is 11.6 Å². The number of aromatic nitrogens is 4. The van der Waals surface area contributed by atoms with E-state index in [2.05, 4.69) is 41.2 Å². The van der Waals surface area contributed by atoms with E-state index in [1.807, 2.05) is 126 Å². The molecule has 0 unspecified atom stereocenters. The fraction of sp³-hybridized carbons (Fsp3) is 0.362. The summed E-state index contributed by atoms with van der Waals surface area (Å²) in [6.07, 6.45) is -1.07. The zero-order valence-corrected chi connectivity index (χ0v) is 35.4. The second-order valence-electron chi connectivity index (χ2n) is 17.7. The molecule has 14 nitrogen and oxygen atoms in total. The van der Waals surface area contributed by atoms with Crippen molar-refractivity contribution in [1.29, 1.82) is 0 Å². The number of aliphatic hydroxyl groups is 2. The van der Waals surface area contributed by atoms with E-state index in [1.54, 1.807) is 24.3 Å². The third-order valence-electron chi connectivity index (χ3n) is 10.8. The van der Waals surface area contributed by atoms with Crippen LogP contribution in [-0.2, 0) is 22.4 Å². The third-order valence-corrected chi connectivity index (χ3v) is 10.8. The molecule has 0 aliphatic carbocycles. The van der Waals surface area contributed by atoms with Gasteiger partial charge in [0.2, 0.25) is 11.8 Å². The van der Waals surface area contributed by atoms with Crippen molar-refractivity contribution in [2.75, 3.05) is 6.61 Å². The topological polar surface area (TPSA) is 214 Å².